The molecule has 0 saturated heterocycles. The zero-order valence-corrected chi connectivity index (χ0v) is 10.8. The number of hydrogen-bond acceptors (Lipinski definition) is 3. The molecule has 0 unspecified atom stereocenters. The van der Waals surface area contributed by atoms with Crippen LogP contribution in [0.15, 0.2) is 18.2 Å². The van der Waals surface area contributed by atoms with E-state index in [2.05, 4.69) is 0 Å². The molecule has 102 valence electrons. The molecule has 1 aromatic carbocycles. The number of carbonyl (C=O) groups excluding carboxylic acids is 1. The Balaban J connectivity index is 2.30. The van der Waals surface area contributed by atoms with E-state index in [-0.39, 0.29) is 10.6 Å². The number of halogens is 3. The second-order valence-corrected chi connectivity index (χ2v) is 5.19. The van der Waals surface area contributed by atoms with Gasteiger partial charge in [-0.3, -0.25) is 4.79 Å². The van der Waals surface area contributed by atoms with E-state index in [0.717, 1.165) is 21.6 Å². The number of aryl methyl sites for hydroxylation is 1. The molecular weight excluding hydrogens is 277 g/mol. The van der Waals surface area contributed by atoms with E-state index in [4.69, 9.17) is 5.73 Å². The minimum absolute atomic E-state index is 0.116. The number of amides is 1. The minimum atomic E-state index is -4.43. The van der Waals surface area contributed by atoms with Crippen LogP contribution in [0.5, 0.6) is 0 Å². The molecule has 1 amide bonds. The molecule has 2 aromatic rings. The molecule has 0 aliphatic heterocycles. The first-order valence-corrected chi connectivity index (χ1v) is 6.23. The number of alkyl halides is 3. The Morgan fingerprint density at radius 2 is 2.11 bits per heavy atom. The number of fused-ring (bicyclic) bond motifs is 1. The number of nitrogens with one attached hydrogen (secondary N) is 1. The zero-order chi connectivity index (χ0) is 14.2. The summed E-state index contributed by atoms with van der Waals surface area (Å²) in [6.45, 7) is 0.512. The lowest BCUT2D eigenvalue weighted by Crippen LogP contribution is -2.33. The molecular formula is C12H11F3N2OS. The average molecular weight is 288 g/mol. The molecule has 2 rings (SSSR count). The fraction of sp³-hybridized carbons (Fsp3) is 0.250. The molecule has 3 nitrogen and oxygen atoms in total. The third kappa shape index (κ3) is 2.98. The molecule has 0 aliphatic rings. The summed E-state index contributed by atoms with van der Waals surface area (Å²) in [6, 6.07) is 5.46. The summed E-state index contributed by atoms with van der Waals surface area (Å²) in [6.07, 6.45) is -4.43. The topological polar surface area (TPSA) is 55.1 Å². The molecule has 3 N–H and O–H groups in total. The third-order valence-corrected chi connectivity index (χ3v) is 3.72. The molecule has 0 fully saturated rings. The van der Waals surface area contributed by atoms with Crippen molar-refractivity contribution in [3.05, 3.63) is 28.6 Å². The Morgan fingerprint density at radius 3 is 2.74 bits per heavy atom. The molecule has 7 heteroatoms. The fourth-order valence-corrected chi connectivity index (χ4v) is 2.68. The van der Waals surface area contributed by atoms with Crippen LogP contribution in [-0.4, -0.2) is 18.6 Å². The van der Waals surface area contributed by atoms with Crippen molar-refractivity contribution in [2.24, 2.45) is 0 Å². The van der Waals surface area contributed by atoms with Crippen molar-refractivity contribution in [1.29, 1.82) is 0 Å². The highest BCUT2D eigenvalue weighted by molar-refractivity contribution is 7.21. The van der Waals surface area contributed by atoms with Crippen molar-refractivity contribution in [3.8, 4) is 0 Å². The SMILES string of the molecule is Cc1ccc2sc(C(=O)NCC(F)(F)F)c(N)c2c1. The lowest BCUT2D eigenvalue weighted by molar-refractivity contribution is -0.123. The van der Waals surface area contributed by atoms with Gasteiger partial charge in [-0.1, -0.05) is 11.6 Å². The zero-order valence-electron chi connectivity index (χ0n) is 9.97. The smallest absolute Gasteiger partial charge is 0.397 e. The number of thiophene rings is 1. The number of nitrogen functional groups attached to an aromatic ring is 1. The Kier molecular flexibility index (Phi) is 3.40. The monoisotopic (exact) mass is 288 g/mol. The van der Waals surface area contributed by atoms with Crippen LogP contribution < -0.4 is 11.1 Å². The summed E-state index contributed by atoms with van der Waals surface area (Å²) >= 11 is 1.09. The van der Waals surface area contributed by atoms with Gasteiger partial charge in [0.25, 0.3) is 5.91 Å². The number of rotatable bonds is 2. The first-order valence-electron chi connectivity index (χ1n) is 5.41. The maximum Gasteiger partial charge on any atom is 0.405 e. The summed E-state index contributed by atoms with van der Waals surface area (Å²) in [5.41, 5.74) is 7.01. The van der Waals surface area contributed by atoms with Gasteiger partial charge in [0.1, 0.15) is 11.4 Å². The van der Waals surface area contributed by atoms with Gasteiger partial charge in [-0.25, -0.2) is 0 Å². The van der Waals surface area contributed by atoms with Crippen LogP contribution in [0.25, 0.3) is 10.1 Å². The predicted molar refractivity (Wildman–Crippen MR) is 69.4 cm³/mol. The predicted octanol–water partition coefficient (Wildman–Crippen LogP) is 3.08. The van der Waals surface area contributed by atoms with Gasteiger partial charge in [-0.15, -0.1) is 11.3 Å². The number of benzene rings is 1. The van der Waals surface area contributed by atoms with Crippen LogP contribution in [-0.2, 0) is 0 Å². The van der Waals surface area contributed by atoms with E-state index in [1.807, 2.05) is 24.4 Å². The van der Waals surface area contributed by atoms with Gasteiger partial charge < -0.3 is 11.1 Å². The van der Waals surface area contributed by atoms with Gasteiger partial charge in [0.2, 0.25) is 0 Å². The number of carbonyl (C=O) groups is 1. The highest BCUT2D eigenvalue weighted by atomic mass is 32.1. The van der Waals surface area contributed by atoms with Crippen molar-refractivity contribution >= 4 is 33.0 Å². The molecule has 1 heterocycles. The second kappa shape index (κ2) is 4.73. The summed E-state index contributed by atoms with van der Waals surface area (Å²) in [5, 5.41) is 2.52. The van der Waals surface area contributed by atoms with Gasteiger partial charge in [-0.2, -0.15) is 13.2 Å². The number of anilines is 1. The average Bonchev–Trinajstić information content (AvgIpc) is 2.63. The van der Waals surface area contributed by atoms with E-state index in [1.54, 1.807) is 6.07 Å². The van der Waals surface area contributed by atoms with Crippen LogP contribution in [0.1, 0.15) is 15.2 Å². The van der Waals surface area contributed by atoms with Crippen LogP contribution in [0, 0.1) is 6.92 Å². The molecule has 0 saturated carbocycles. The summed E-state index contributed by atoms with van der Waals surface area (Å²) in [5.74, 6) is -0.798. The Labute approximate surface area is 111 Å². The maximum absolute atomic E-state index is 12.0. The standard InChI is InChI=1S/C12H11F3N2OS/c1-6-2-3-8-7(4-6)9(16)10(19-8)11(18)17-5-12(13,14)15/h2-4H,5,16H2,1H3,(H,17,18). The highest BCUT2D eigenvalue weighted by Crippen LogP contribution is 2.34. The van der Waals surface area contributed by atoms with Crippen molar-refractivity contribution < 1.29 is 18.0 Å². The molecule has 0 bridgehead atoms. The van der Waals surface area contributed by atoms with Crippen molar-refractivity contribution in [2.75, 3.05) is 12.3 Å². The molecule has 19 heavy (non-hydrogen) atoms. The lowest BCUT2D eigenvalue weighted by Gasteiger charge is -2.07. The van der Waals surface area contributed by atoms with E-state index in [0.29, 0.717) is 5.39 Å². The summed E-state index contributed by atoms with van der Waals surface area (Å²) < 4.78 is 36.9. The maximum atomic E-state index is 12.0. The van der Waals surface area contributed by atoms with Crippen LogP contribution >= 0.6 is 11.3 Å². The van der Waals surface area contributed by atoms with Crippen LogP contribution in [0.2, 0.25) is 0 Å². The number of nitrogens with two attached hydrogens (primary N) is 1. The summed E-state index contributed by atoms with van der Waals surface area (Å²) in [7, 11) is 0. The summed E-state index contributed by atoms with van der Waals surface area (Å²) in [4.78, 5) is 11.8. The van der Waals surface area contributed by atoms with E-state index < -0.39 is 18.6 Å². The number of hydrogen-bond donors (Lipinski definition) is 2. The molecule has 1 aromatic heterocycles. The normalized spacial score (nSPS) is 11.8. The van der Waals surface area contributed by atoms with E-state index >= 15 is 0 Å². The van der Waals surface area contributed by atoms with Crippen molar-refractivity contribution in [3.63, 3.8) is 0 Å². The Morgan fingerprint density at radius 1 is 1.42 bits per heavy atom. The highest BCUT2D eigenvalue weighted by Gasteiger charge is 2.28. The molecule has 0 radical (unpaired) electrons. The van der Waals surface area contributed by atoms with Crippen LogP contribution in [0.4, 0.5) is 18.9 Å². The second-order valence-electron chi connectivity index (χ2n) is 4.14. The van der Waals surface area contributed by atoms with Gasteiger partial charge in [0.15, 0.2) is 0 Å². The van der Waals surface area contributed by atoms with Gasteiger partial charge in [0, 0.05) is 10.1 Å². The van der Waals surface area contributed by atoms with Gasteiger partial charge >= 0.3 is 6.18 Å². The van der Waals surface area contributed by atoms with Gasteiger partial charge in [-0.05, 0) is 19.1 Å². The van der Waals surface area contributed by atoms with Gasteiger partial charge in [0.05, 0.1) is 5.69 Å². The first kappa shape index (κ1) is 13.7. The largest absolute Gasteiger partial charge is 0.405 e. The van der Waals surface area contributed by atoms with Crippen LogP contribution in [0.3, 0.4) is 0 Å². The Hall–Kier alpha value is -1.76. The quantitative estimate of drug-likeness (QED) is 0.892. The fourth-order valence-electron chi connectivity index (χ4n) is 1.66. The van der Waals surface area contributed by atoms with E-state index in [9.17, 15) is 18.0 Å². The Bertz CT molecular complexity index is 634. The van der Waals surface area contributed by atoms with Crippen molar-refractivity contribution in [2.45, 2.75) is 13.1 Å². The molecule has 0 atom stereocenters. The van der Waals surface area contributed by atoms with Crippen molar-refractivity contribution in [1.82, 2.24) is 5.32 Å². The first-order chi connectivity index (χ1) is 8.78. The third-order valence-electron chi connectivity index (χ3n) is 2.54. The molecule has 0 aliphatic carbocycles. The van der Waals surface area contributed by atoms with E-state index in [1.165, 1.54) is 0 Å². The minimum Gasteiger partial charge on any atom is -0.397 e. The lowest BCUT2D eigenvalue weighted by atomic mass is 10.1. The molecule has 0 spiro atoms.